The molecule has 66 heavy (non-hydrogen) atoms. The molecule has 0 saturated heterocycles. The SMILES string of the molecule is CCC(=O)[C@H](CCCCNC(=O)CC[C@H](NC(=O)CC[C@H](CC(=O)CC[C@H](NC(=O)CC[C@H](NC(C)=O)C(=O)O)C(=O)O)C(=O)O)C(=O)O)CCC(=O)C(C)(C)CC(=O)CCc1cnc[nH]1. The van der Waals surface area contributed by atoms with Crippen molar-refractivity contribution in [2.24, 2.45) is 17.3 Å². The zero-order chi connectivity index (χ0) is 50.0. The molecular weight excluding hydrogens is 869 g/mol. The first kappa shape index (κ1) is 57.7. The molecule has 0 radical (unpaired) electrons. The summed E-state index contributed by atoms with van der Waals surface area (Å²) in [6.07, 6.45) is 2.57. The number of aryl methyl sites for hydroxylation is 1. The van der Waals surface area contributed by atoms with Crippen LogP contribution < -0.4 is 21.3 Å². The number of H-pyrrole nitrogens is 1. The fourth-order valence-electron chi connectivity index (χ4n) is 7.01. The molecule has 22 nitrogen and oxygen atoms in total. The predicted molar refractivity (Wildman–Crippen MR) is 232 cm³/mol. The molecule has 22 heteroatoms. The van der Waals surface area contributed by atoms with E-state index in [0.29, 0.717) is 38.5 Å². The Kier molecular flexibility index (Phi) is 26.2. The number of carboxylic acids is 4. The Morgan fingerprint density at radius 3 is 1.67 bits per heavy atom. The number of carboxylic acid groups (broad SMARTS) is 4. The number of unbranched alkanes of at least 4 members (excludes halogenated alkanes) is 1. The normalized spacial score (nSPS) is 13.5. The van der Waals surface area contributed by atoms with Gasteiger partial charge in [0.1, 0.15) is 41.3 Å². The molecule has 1 aromatic heterocycles. The van der Waals surface area contributed by atoms with Gasteiger partial charge in [0.2, 0.25) is 23.6 Å². The van der Waals surface area contributed by atoms with Crippen LogP contribution in [-0.2, 0) is 64.0 Å². The molecular formula is C44H66N6O16. The van der Waals surface area contributed by atoms with Crippen LogP contribution in [0, 0.1) is 17.3 Å². The number of ketones is 4. The molecule has 368 valence electrons. The van der Waals surface area contributed by atoms with Crippen molar-refractivity contribution < 1.29 is 78.0 Å². The molecule has 0 bridgehead atoms. The zero-order valence-electron chi connectivity index (χ0n) is 38.1. The van der Waals surface area contributed by atoms with Crippen LogP contribution >= 0.6 is 0 Å². The first-order valence-corrected chi connectivity index (χ1v) is 22.1. The van der Waals surface area contributed by atoms with Gasteiger partial charge in [-0.3, -0.25) is 43.2 Å². The summed E-state index contributed by atoms with van der Waals surface area (Å²) in [5, 5.41) is 47.2. The van der Waals surface area contributed by atoms with E-state index in [-0.39, 0.29) is 74.8 Å². The highest BCUT2D eigenvalue weighted by Crippen LogP contribution is 2.28. The van der Waals surface area contributed by atoms with Crippen molar-refractivity contribution in [2.45, 2.75) is 161 Å². The Morgan fingerprint density at radius 2 is 1.15 bits per heavy atom. The molecule has 5 atom stereocenters. The van der Waals surface area contributed by atoms with Crippen molar-refractivity contribution in [3.63, 3.8) is 0 Å². The average molecular weight is 935 g/mol. The molecule has 0 aromatic carbocycles. The number of aliphatic carboxylic acids is 4. The molecule has 0 unspecified atom stereocenters. The lowest BCUT2D eigenvalue weighted by Gasteiger charge is -2.23. The predicted octanol–water partition coefficient (Wildman–Crippen LogP) is 2.07. The van der Waals surface area contributed by atoms with Gasteiger partial charge in [0.15, 0.2) is 0 Å². The maximum atomic E-state index is 13.1. The van der Waals surface area contributed by atoms with Crippen molar-refractivity contribution in [3.05, 3.63) is 18.2 Å². The summed E-state index contributed by atoms with van der Waals surface area (Å²) in [6.45, 7) is 6.50. The van der Waals surface area contributed by atoms with Crippen LogP contribution in [0.1, 0.15) is 143 Å². The van der Waals surface area contributed by atoms with Gasteiger partial charge < -0.3 is 46.7 Å². The van der Waals surface area contributed by atoms with Gasteiger partial charge in [-0.25, -0.2) is 19.4 Å². The van der Waals surface area contributed by atoms with E-state index in [4.69, 9.17) is 5.11 Å². The zero-order valence-corrected chi connectivity index (χ0v) is 38.1. The van der Waals surface area contributed by atoms with E-state index in [1.165, 1.54) is 6.33 Å². The Hall–Kier alpha value is -6.35. The molecule has 0 spiro atoms. The summed E-state index contributed by atoms with van der Waals surface area (Å²) in [7, 11) is 0. The fraction of sp³-hybridized carbons (Fsp3) is 0.659. The number of nitrogens with one attached hydrogen (secondary N) is 5. The minimum absolute atomic E-state index is 0.00911. The van der Waals surface area contributed by atoms with Gasteiger partial charge in [-0.2, -0.15) is 0 Å². The Bertz CT molecular complexity index is 1860. The Labute approximate surface area is 382 Å². The van der Waals surface area contributed by atoms with Crippen molar-refractivity contribution in [3.8, 4) is 0 Å². The third-order valence-electron chi connectivity index (χ3n) is 11.0. The van der Waals surface area contributed by atoms with Crippen LogP contribution in [0.2, 0.25) is 0 Å². The molecule has 1 aromatic rings. The minimum Gasteiger partial charge on any atom is -0.481 e. The lowest BCUT2D eigenvalue weighted by molar-refractivity contribution is -0.145. The number of aromatic amines is 1. The molecule has 0 aliphatic carbocycles. The van der Waals surface area contributed by atoms with Crippen molar-refractivity contribution >= 4 is 70.6 Å². The fourth-order valence-corrected chi connectivity index (χ4v) is 7.01. The highest BCUT2D eigenvalue weighted by Gasteiger charge is 2.32. The smallest absolute Gasteiger partial charge is 0.326 e. The maximum Gasteiger partial charge on any atom is 0.326 e. The number of amides is 4. The van der Waals surface area contributed by atoms with Gasteiger partial charge in [-0.15, -0.1) is 0 Å². The number of aromatic nitrogens is 2. The van der Waals surface area contributed by atoms with E-state index in [2.05, 4.69) is 31.2 Å². The first-order valence-electron chi connectivity index (χ1n) is 22.1. The summed E-state index contributed by atoms with van der Waals surface area (Å²) >= 11 is 0. The number of imidazole rings is 1. The van der Waals surface area contributed by atoms with Crippen molar-refractivity contribution in [1.29, 1.82) is 0 Å². The summed E-state index contributed by atoms with van der Waals surface area (Å²) < 4.78 is 0. The van der Waals surface area contributed by atoms with E-state index < -0.39 is 115 Å². The van der Waals surface area contributed by atoms with Crippen LogP contribution in [0.3, 0.4) is 0 Å². The third kappa shape index (κ3) is 24.1. The average Bonchev–Trinajstić information content (AvgIpc) is 3.77. The number of carbonyl (C=O) groups is 12. The lowest BCUT2D eigenvalue weighted by Crippen LogP contribution is -2.43. The summed E-state index contributed by atoms with van der Waals surface area (Å²) in [5.74, 6) is -11.3. The van der Waals surface area contributed by atoms with Crippen molar-refractivity contribution in [2.75, 3.05) is 6.54 Å². The van der Waals surface area contributed by atoms with Crippen LogP contribution in [0.25, 0.3) is 0 Å². The number of carbonyl (C=O) groups excluding carboxylic acids is 8. The van der Waals surface area contributed by atoms with Gasteiger partial charge >= 0.3 is 23.9 Å². The maximum absolute atomic E-state index is 13.1. The Balaban J connectivity index is 2.52. The monoisotopic (exact) mass is 934 g/mol. The molecule has 0 aliphatic heterocycles. The third-order valence-corrected chi connectivity index (χ3v) is 11.0. The number of hydrogen-bond acceptors (Lipinski definition) is 13. The number of Topliss-reactive ketones (excluding diaryl/α,β-unsaturated/α-hetero) is 4. The van der Waals surface area contributed by atoms with E-state index in [9.17, 15) is 72.9 Å². The second-order valence-electron chi connectivity index (χ2n) is 16.9. The standard InChI is InChI=1S/C44H66N6O16/c1-5-35(54)27(9-17-36(55)44(3,4)23-31(53)12-11-29-24-45-25-47-29)8-6-7-21-46-37(56)19-15-34(43(65)66)50-38(57)18-10-28(40(59)60)22-30(52)13-14-33(42(63)64)49-39(58)20-16-32(41(61)62)48-26(2)51/h24-25,27-28,32-34H,5-23H2,1-4H3,(H,45,47)(H,46,56)(H,48,51)(H,49,58)(H,50,57)(H,59,60)(H,61,62)(H,63,64)(H,65,66)/t27-,28-,32+,33+,34+/m1/s1. The number of nitrogens with zero attached hydrogens (tertiary/aromatic N) is 1. The molecule has 9 N–H and O–H groups in total. The van der Waals surface area contributed by atoms with Gasteiger partial charge in [0, 0.05) is 94.5 Å². The van der Waals surface area contributed by atoms with Crippen LogP contribution in [-0.4, -0.2) is 126 Å². The molecule has 1 rings (SSSR count). The van der Waals surface area contributed by atoms with E-state index >= 15 is 0 Å². The summed E-state index contributed by atoms with van der Waals surface area (Å²) in [5.41, 5.74) is -0.0524. The molecule has 1 heterocycles. The van der Waals surface area contributed by atoms with Crippen LogP contribution in [0.4, 0.5) is 0 Å². The highest BCUT2D eigenvalue weighted by molar-refractivity contribution is 5.91. The largest absolute Gasteiger partial charge is 0.481 e. The first-order chi connectivity index (χ1) is 30.9. The van der Waals surface area contributed by atoms with E-state index in [0.717, 1.165) is 12.6 Å². The second kappa shape index (κ2) is 30.0. The molecule has 0 saturated carbocycles. The second-order valence-corrected chi connectivity index (χ2v) is 16.9. The van der Waals surface area contributed by atoms with Gasteiger partial charge in [0.25, 0.3) is 0 Å². The topological polar surface area (TPSA) is 363 Å². The van der Waals surface area contributed by atoms with E-state index in [1.807, 2.05) is 0 Å². The van der Waals surface area contributed by atoms with Crippen LogP contribution in [0.5, 0.6) is 0 Å². The summed E-state index contributed by atoms with van der Waals surface area (Å²) in [6, 6.07) is -4.46. The Morgan fingerprint density at radius 1 is 0.621 bits per heavy atom. The molecule has 0 fully saturated rings. The van der Waals surface area contributed by atoms with Crippen molar-refractivity contribution in [1.82, 2.24) is 31.2 Å². The number of hydrogen-bond donors (Lipinski definition) is 9. The highest BCUT2D eigenvalue weighted by atomic mass is 16.4. The van der Waals surface area contributed by atoms with Crippen LogP contribution in [0.15, 0.2) is 12.5 Å². The summed E-state index contributed by atoms with van der Waals surface area (Å²) in [4.78, 5) is 153. The lowest BCUT2D eigenvalue weighted by atomic mass is 9.78. The molecule has 4 amide bonds. The minimum atomic E-state index is -1.58. The number of rotatable bonds is 37. The van der Waals surface area contributed by atoms with E-state index in [1.54, 1.807) is 27.0 Å². The van der Waals surface area contributed by atoms with Gasteiger partial charge in [-0.1, -0.05) is 27.2 Å². The quantitative estimate of drug-likeness (QED) is 0.0431. The van der Waals surface area contributed by atoms with Gasteiger partial charge in [0.05, 0.1) is 12.2 Å². The molecule has 0 aliphatic rings. The van der Waals surface area contributed by atoms with Gasteiger partial charge in [-0.05, 0) is 51.4 Å².